The monoisotopic (exact) mass is 442 g/mol. The smallest absolute Gasteiger partial charge is 0.319 e. The molecule has 0 saturated heterocycles. The molecule has 0 unspecified atom stereocenters. The van der Waals surface area contributed by atoms with Gasteiger partial charge in [0.15, 0.2) is 5.82 Å². The fourth-order valence-electron chi connectivity index (χ4n) is 2.90. The van der Waals surface area contributed by atoms with Gasteiger partial charge in [0.05, 0.1) is 11.3 Å². The van der Waals surface area contributed by atoms with Gasteiger partial charge < -0.3 is 5.32 Å². The lowest BCUT2D eigenvalue weighted by atomic mass is 10.2. The van der Waals surface area contributed by atoms with Gasteiger partial charge in [-0.2, -0.15) is 13.2 Å². The van der Waals surface area contributed by atoms with Gasteiger partial charge >= 0.3 is 6.18 Å². The number of anilines is 1. The zero-order valence-corrected chi connectivity index (χ0v) is 16.5. The van der Waals surface area contributed by atoms with Crippen molar-refractivity contribution in [2.75, 3.05) is 5.32 Å². The average molecular weight is 443 g/mol. The van der Waals surface area contributed by atoms with Crippen molar-refractivity contribution in [3.8, 4) is 17.1 Å². The van der Waals surface area contributed by atoms with E-state index in [-0.39, 0.29) is 11.5 Å². The third-order valence-electron chi connectivity index (χ3n) is 4.36. The molecule has 0 aliphatic carbocycles. The molecule has 0 bridgehead atoms. The lowest BCUT2D eigenvalue weighted by Crippen LogP contribution is -2.15. The molecule has 1 amide bonds. The second-order valence-electron chi connectivity index (χ2n) is 6.55. The first kappa shape index (κ1) is 20.6. The molecular weight excluding hydrogens is 429 g/mol. The van der Waals surface area contributed by atoms with E-state index in [1.807, 2.05) is 30.3 Å². The van der Waals surface area contributed by atoms with Gasteiger partial charge in [-0.3, -0.25) is 4.79 Å². The van der Waals surface area contributed by atoms with Crippen LogP contribution in [-0.2, 0) is 6.18 Å². The number of benzene rings is 3. The summed E-state index contributed by atoms with van der Waals surface area (Å²) < 4.78 is 40.3. The number of alkyl halides is 3. The molecule has 0 atom stereocenters. The Bertz CT molecular complexity index is 1220. The molecule has 4 aromatic rings. The number of amides is 1. The van der Waals surface area contributed by atoms with Crippen LogP contribution in [0.3, 0.4) is 0 Å². The standard InChI is InChI=1S/C22H14ClF3N4O/c23-16-9-11-18(12-10-16)30-20(14-5-2-1-3-6-14)28-19(29-30)21(31)27-17-8-4-7-15(13-17)22(24,25)26/h1-13H,(H,27,31). The van der Waals surface area contributed by atoms with Crippen molar-refractivity contribution in [3.05, 3.63) is 95.3 Å². The van der Waals surface area contributed by atoms with Crippen LogP contribution < -0.4 is 5.32 Å². The Labute approximate surface area is 180 Å². The normalized spacial score (nSPS) is 11.4. The van der Waals surface area contributed by atoms with Gasteiger partial charge in [-0.1, -0.05) is 48.0 Å². The summed E-state index contributed by atoms with van der Waals surface area (Å²) in [7, 11) is 0. The summed E-state index contributed by atoms with van der Waals surface area (Å²) in [4.78, 5) is 17.0. The second kappa shape index (κ2) is 8.23. The molecule has 1 heterocycles. The molecule has 0 fully saturated rings. The van der Waals surface area contributed by atoms with Crippen molar-refractivity contribution in [2.45, 2.75) is 6.18 Å². The van der Waals surface area contributed by atoms with Gasteiger partial charge in [0, 0.05) is 16.3 Å². The molecule has 0 aliphatic heterocycles. The molecule has 5 nitrogen and oxygen atoms in total. The Morgan fingerprint density at radius 1 is 0.935 bits per heavy atom. The number of hydrogen-bond donors (Lipinski definition) is 1. The van der Waals surface area contributed by atoms with Crippen LogP contribution in [0.1, 0.15) is 16.2 Å². The number of halogens is 4. The maximum absolute atomic E-state index is 12.9. The molecule has 0 spiro atoms. The van der Waals surface area contributed by atoms with Crippen LogP contribution in [0.15, 0.2) is 78.9 Å². The molecule has 1 aromatic heterocycles. The van der Waals surface area contributed by atoms with Crippen molar-refractivity contribution in [1.82, 2.24) is 14.8 Å². The third-order valence-corrected chi connectivity index (χ3v) is 4.61. The summed E-state index contributed by atoms with van der Waals surface area (Å²) in [5, 5.41) is 7.24. The average Bonchev–Trinajstić information content (AvgIpc) is 3.20. The summed E-state index contributed by atoms with van der Waals surface area (Å²) in [6.45, 7) is 0. The minimum atomic E-state index is -4.52. The van der Waals surface area contributed by atoms with E-state index in [1.54, 1.807) is 24.3 Å². The number of nitrogens with one attached hydrogen (secondary N) is 1. The highest BCUT2D eigenvalue weighted by Crippen LogP contribution is 2.31. The highest BCUT2D eigenvalue weighted by atomic mass is 35.5. The molecule has 3 aromatic carbocycles. The Morgan fingerprint density at radius 3 is 2.32 bits per heavy atom. The van der Waals surface area contributed by atoms with Crippen molar-refractivity contribution in [3.63, 3.8) is 0 Å². The summed E-state index contributed by atoms with van der Waals surface area (Å²) in [6.07, 6.45) is -4.52. The van der Waals surface area contributed by atoms with E-state index in [2.05, 4.69) is 15.4 Å². The lowest BCUT2D eigenvalue weighted by molar-refractivity contribution is -0.137. The van der Waals surface area contributed by atoms with Crippen LogP contribution in [0.2, 0.25) is 5.02 Å². The van der Waals surface area contributed by atoms with Gasteiger partial charge in [0.2, 0.25) is 5.82 Å². The molecule has 0 saturated carbocycles. The number of aromatic nitrogens is 3. The van der Waals surface area contributed by atoms with E-state index in [9.17, 15) is 18.0 Å². The van der Waals surface area contributed by atoms with Crippen molar-refractivity contribution >= 4 is 23.2 Å². The molecule has 9 heteroatoms. The van der Waals surface area contributed by atoms with E-state index in [4.69, 9.17) is 11.6 Å². The van der Waals surface area contributed by atoms with E-state index in [0.717, 1.165) is 12.1 Å². The molecule has 0 radical (unpaired) electrons. The highest BCUT2D eigenvalue weighted by molar-refractivity contribution is 6.30. The van der Waals surface area contributed by atoms with Crippen LogP contribution in [0.5, 0.6) is 0 Å². The number of nitrogens with zero attached hydrogens (tertiary/aromatic N) is 3. The van der Waals surface area contributed by atoms with Crippen molar-refractivity contribution in [1.29, 1.82) is 0 Å². The van der Waals surface area contributed by atoms with E-state index < -0.39 is 17.6 Å². The molecule has 4 rings (SSSR count). The predicted octanol–water partition coefficient (Wildman–Crippen LogP) is 5.86. The fraction of sp³-hybridized carbons (Fsp3) is 0.0455. The predicted molar refractivity (Wildman–Crippen MR) is 111 cm³/mol. The summed E-state index contributed by atoms with van der Waals surface area (Å²) in [5.41, 5.74) is 0.454. The summed E-state index contributed by atoms with van der Waals surface area (Å²) >= 11 is 5.96. The third kappa shape index (κ3) is 4.59. The fourth-order valence-corrected chi connectivity index (χ4v) is 3.03. The highest BCUT2D eigenvalue weighted by Gasteiger charge is 2.30. The van der Waals surface area contributed by atoms with Gasteiger partial charge in [-0.05, 0) is 42.5 Å². The first-order valence-corrected chi connectivity index (χ1v) is 9.46. The minimum Gasteiger partial charge on any atom is -0.319 e. The van der Waals surface area contributed by atoms with Crippen LogP contribution in [-0.4, -0.2) is 20.7 Å². The summed E-state index contributed by atoms with van der Waals surface area (Å²) in [6, 6.07) is 20.2. The second-order valence-corrected chi connectivity index (χ2v) is 6.98. The van der Waals surface area contributed by atoms with Crippen LogP contribution in [0, 0.1) is 0 Å². The quantitative estimate of drug-likeness (QED) is 0.430. The van der Waals surface area contributed by atoms with Gasteiger partial charge in [-0.15, -0.1) is 5.10 Å². The number of hydrogen-bond acceptors (Lipinski definition) is 3. The van der Waals surface area contributed by atoms with Gasteiger partial charge in [0.1, 0.15) is 0 Å². The van der Waals surface area contributed by atoms with Gasteiger partial charge in [0.25, 0.3) is 5.91 Å². The molecule has 1 N–H and O–H groups in total. The van der Waals surface area contributed by atoms with Crippen LogP contribution in [0.25, 0.3) is 17.1 Å². The van der Waals surface area contributed by atoms with Gasteiger partial charge in [-0.25, -0.2) is 9.67 Å². The lowest BCUT2D eigenvalue weighted by Gasteiger charge is -2.08. The van der Waals surface area contributed by atoms with Crippen molar-refractivity contribution in [2.24, 2.45) is 0 Å². The zero-order chi connectivity index (χ0) is 22.0. The number of carbonyl (C=O) groups is 1. The molecule has 0 aliphatic rings. The van der Waals surface area contributed by atoms with E-state index in [1.165, 1.54) is 16.8 Å². The Balaban J connectivity index is 1.70. The number of carbonyl (C=O) groups excluding carboxylic acids is 1. The molecule has 31 heavy (non-hydrogen) atoms. The minimum absolute atomic E-state index is 0.0103. The van der Waals surface area contributed by atoms with Crippen LogP contribution >= 0.6 is 11.6 Å². The largest absolute Gasteiger partial charge is 0.416 e. The SMILES string of the molecule is O=C(Nc1cccc(C(F)(F)F)c1)c1nc(-c2ccccc2)n(-c2ccc(Cl)cc2)n1. The first-order valence-electron chi connectivity index (χ1n) is 9.08. The maximum Gasteiger partial charge on any atom is 0.416 e. The topological polar surface area (TPSA) is 59.8 Å². The van der Waals surface area contributed by atoms with Crippen LogP contribution in [0.4, 0.5) is 18.9 Å². The zero-order valence-electron chi connectivity index (χ0n) is 15.8. The number of rotatable bonds is 4. The maximum atomic E-state index is 12.9. The Kier molecular flexibility index (Phi) is 5.48. The molecule has 156 valence electrons. The Morgan fingerprint density at radius 2 is 1.65 bits per heavy atom. The van der Waals surface area contributed by atoms with Crippen molar-refractivity contribution < 1.29 is 18.0 Å². The Hall–Kier alpha value is -3.65. The molecular formula is C22H14ClF3N4O. The van der Waals surface area contributed by atoms with E-state index in [0.29, 0.717) is 22.1 Å². The van der Waals surface area contributed by atoms with E-state index >= 15 is 0 Å². The summed E-state index contributed by atoms with van der Waals surface area (Å²) in [5.74, 6) is -0.521. The first-order chi connectivity index (χ1) is 14.8.